The van der Waals surface area contributed by atoms with E-state index in [2.05, 4.69) is 0 Å². The van der Waals surface area contributed by atoms with E-state index in [4.69, 9.17) is 0 Å². The summed E-state index contributed by atoms with van der Waals surface area (Å²) in [5.74, 6) is -0.675. The first-order valence-corrected chi connectivity index (χ1v) is 5.66. The minimum Gasteiger partial charge on any atom is -0.306 e. The lowest BCUT2D eigenvalue weighted by atomic mass is 10.0. The number of para-hydroxylation sites is 1. The van der Waals surface area contributed by atoms with Crippen LogP contribution in [0.4, 0.5) is 5.69 Å². The van der Waals surface area contributed by atoms with Crippen LogP contribution in [-0.4, -0.2) is 18.2 Å². The van der Waals surface area contributed by atoms with Crippen molar-refractivity contribution in [3.63, 3.8) is 0 Å². The lowest BCUT2D eigenvalue weighted by Crippen LogP contribution is -2.39. The third kappa shape index (κ3) is 1.85. The molecule has 84 valence electrons. The van der Waals surface area contributed by atoms with Crippen LogP contribution in [0.15, 0.2) is 24.3 Å². The third-order valence-electron chi connectivity index (χ3n) is 2.92. The van der Waals surface area contributed by atoms with Gasteiger partial charge in [-0.25, -0.2) is 0 Å². The van der Waals surface area contributed by atoms with Gasteiger partial charge in [0, 0.05) is 18.7 Å². The summed E-state index contributed by atoms with van der Waals surface area (Å²) in [5.41, 5.74) is 2.06. The Bertz CT molecular complexity index is 426. The standard InChI is InChI=1S/C13H15NO2/c1-2-12(15)13(16)14-9-5-7-10-6-3-4-8-11(10)14/h3-4,6,8H,2,5,7,9H2,1H3. The number of hydrogen-bond acceptors (Lipinski definition) is 2. The second-order valence-electron chi connectivity index (χ2n) is 3.97. The first kappa shape index (κ1) is 10.9. The number of amides is 1. The largest absolute Gasteiger partial charge is 0.306 e. The van der Waals surface area contributed by atoms with Gasteiger partial charge < -0.3 is 4.90 Å². The average molecular weight is 217 g/mol. The summed E-state index contributed by atoms with van der Waals surface area (Å²) in [6, 6.07) is 7.80. The highest BCUT2D eigenvalue weighted by Gasteiger charge is 2.25. The summed E-state index contributed by atoms with van der Waals surface area (Å²) < 4.78 is 0. The normalized spacial score (nSPS) is 14.4. The van der Waals surface area contributed by atoms with Gasteiger partial charge in [0.1, 0.15) is 0 Å². The van der Waals surface area contributed by atoms with Crippen LogP contribution in [0.25, 0.3) is 0 Å². The quantitative estimate of drug-likeness (QED) is 0.710. The van der Waals surface area contributed by atoms with Gasteiger partial charge >= 0.3 is 0 Å². The highest BCUT2D eigenvalue weighted by atomic mass is 16.2. The summed E-state index contributed by atoms with van der Waals surface area (Å²) >= 11 is 0. The molecule has 0 unspecified atom stereocenters. The van der Waals surface area contributed by atoms with E-state index in [1.807, 2.05) is 24.3 Å². The minimum atomic E-state index is -0.366. The SMILES string of the molecule is CCC(=O)C(=O)N1CCCc2ccccc21. The number of aryl methyl sites for hydroxylation is 1. The van der Waals surface area contributed by atoms with Crippen molar-refractivity contribution in [3.05, 3.63) is 29.8 Å². The van der Waals surface area contributed by atoms with Crippen LogP contribution in [0, 0.1) is 0 Å². The zero-order valence-corrected chi connectivity index (χ0v) is 9.40. The van der Waals surface area contributed by atoms with Crippen LogP contribution in [0.3, 0.4) is 0 Å². The Hall–Kier alpha value is -1.64. The van der Waals surface area contributed by atoms with Crippen molar-refractivity contribution in [1.82, 2.24) is 0 Å². The number of benzene rings is 1. The molecule has 0 aliphatic carbocycles. The van der Waals surface area contributed by atoms with Gasteiger partial charge in [0.25, 0.3) is 5.91 Å². The molecule has 0 N–H and O–H groups in total. The molecule has 0 spiro atoms. The molecule has 1 aliphatic heterocycles. The van der Waals surface area contributed by atoms with E-state index < -0.39 is 0 Å². The number of ketones is 1. The smallest absolute Gasteiger partial charge is 0.294 e. The summed E-state index contributed by atoms with van der Waals surface area (Å²) in [6.45, 7) is 2.37. The number of hydrogen-bond donors (Lipinski definition) is 0. The number of Topliss-reactive ketones (excluding diaryl/α,β-unsaturated/α-hetero) is 1. The molecular weight excluding hydrogens is 202 g/mol. The van der Waals surface area contributed by atoms with E-state index in [1.54, 1.807) is 11.8 Å². The zero-order chi connectivity index (χ0) is 11.5. The number of anilines is 1. The van der Waals surface area contributed by atoms with E-state index >= 15 is 0 Å². The summed E-state index contributed by atoms with van der Waals surface area (Å²) in [6.07, 6.45) is 2.19. The predicted octanol–water partition coefficient (Wildman–Crippen LogP) is 1.94. The monoisotopic (exact) mass is 217 g/mol. The van der Waals surface area contributed by atoms with Crippen LogP contribution >= 0.6 is 0 Å². The van der Waals surface area contributed by atoms with Crippen molar-refractivity contribution in [2.45, 2.75) is 26.2 Å². The molecule has 1 heterocycles. The zero-order valence-electron chi connectivity index (χ0n) is 9.40. The Labute approximate surface area is 95.1 Å². The second kappa shape index (κ2) is 4.47. The maximum atomic E-state index is 11.9. The van der Waals surface area contributed by atoms with Crippen molar-refractivity contribution in [3.8, 4) is 0 Å². The number of carbonyl (C=O) groups excluding carboxylic acids is 2. The van der Waals surface area contributed by atoms with Crippen molar-refractivity contribution in [1.29, 1.82) is 0 Å². The summed E-state index contributed by atoms with van der Waals surface area (Å²) in [7, 11) is 0. The minimum absolute atomic E-state index is 0.275. The Kier molecular flexibility index (Phi) is 3.04. The summed E-state index contributed by atoms with van der Waals surface area (Å²) in [4.78, 5) is 24.9. The summed E-state index contributed by atoms with van der Waals surface area (Å²) in [5, 5.41) is 0. The highest BCUT2D eigenvalue weighted by molar-refractivity contribution is 6.41. The fourth-order valence-electron chi connectivity index (χ4n) is 2.05. The third-order valence-corrected chi connectivity index (χ3v) is 2.92. The molecule has 0 saturated carbocycles. The van der Waals surface area contributed by atoms with Gasteiger partial charge in [0.05, 0.1) is 0 Å². The van der Waals surface area contributed by atoms with Gasteiger partial charge in [0.15, 0.2) is 0 Å². The molecule has 1 aliphatic rings. The van der Waals surface area contributed by atoms with Crippen LogP contribution in [0.1, 0.15) is 25.3 Å². The number of fused-ring (bicyclic) bond motifs is 1. The molecule has 1 amide bonds. The maximum Gasteiger partial charge on any atom is 0.294 e. The van der Waals surface area contributed by atoms with Gasteiger partial charge in [-0.15, -0.1) is 0 Å². The second-order valence-corrected chi connectivity index (χ2v) is 3.97. The highest BCUT2D eigenvalue weighted by Crippen LogP contribution is 2.26. The first-order chi connectivity index (χ1) is 7.74. The molecule has 0 saturated heterocycles. The molecule has 0 fully saturated rings. The lowest BCUT2D eigenvalue weighted by Gasteiger charge is -2.28. The molecular formula is C13H15NO2. The van der Waals surface area contributed by atoms with Gasteiger partial charge in [-0.2, -0.15) is 0 Å². The average Bonchev–Trinajstić information content (AvgIpc) is 2.36. The van der Waals surface area contributed by atoms with Crippen molar-refractivity contribution in [2.24, 2.45) is 0 Å². The fourth-order valence-corrected chi connectivity index (χ4v) is 2.05. The number of nitrogens with zero attached hydrogens (tertiary/aromatic N) is 1. The molecule has 0 atom stereocenters. The van der Waals surface area contributed by atoms with Gasteiger partial charge in [0.2, 0.25) is 5.78 Å². The molecule has 1 aromatic carbocycles. The first-order valence-electron chi connectivity index (χ1n) is 5.66. The topological polar surface area (TPSA) is 37.4 Å². The number of rotatable bonds is 2. The Morgan fingerprint density at radius 2 is 2.06 bits per heavy atom. The van der Waals surface area contributed by atoms with Crippen LogP contribution in [0.2, 0.25) is 0 Å². The van der Waals surface area contributed by atoms with Crippen molar-refractivity contribution in [2.75, 3.05) is 11.4 Å². The van der Waals surface area contributed by atoms with Gasteiger partial charge in [-0.05, 0) is 24.5 Å². The molecule has 0 aromatic heterocycles. The van der Waals surface area contributed by atoms with Crippen LogP contribution < -0.4 is 4.90 Å². The molecule has 3 heteroatoms. The molecule has 2 rings (SSSR count). The predicted molar refractivity (Wildman–Crippen MR) is 62.4 cm³/mol. The van der Waals surface area contributed by atoms with Crippen LogP contribution in [-0.2, 0) is 16.0 Å². The van der Waals surface area contributed by atoms with E-state index in [-0.39, 0.29) is 18.1 Å². The lowest BCUT2D eigenvalue weighted by molar-refractivity contribution is -0.136. The maximum absolute atomic E-state index is 11.9. The van der Waals surface area contributed by atoms with Crippen LogP contribution in [0.5, 0.6) is 0 Å². The van der Waals surface area contributed by atoms with Gasteiger partial charge in [-0.3, -0.25) is 9.59 Å². The van der Waals surface area contributed by atoms with E-state index in [0.29, 0.717) is 6.54 Å². The molecule has 16 heavy (non-hydrogen) atoms. The fraction of sp³-hybridized carbons (Fsp3) is 0.385. The van der Waals surface area contributed by atoms with E-state index in [0.717, 1.165) is 24.1 Å². The van der Waals surface area contributed by atoms with E-state index in [1.165, 1.54) is 0 Å². The molecule has 0 bridgehead atoms. The Morgan fingerprint density at radius 3 is 2.81 bits per heavy atom. The number of carbonyl (C=O) groups is 2. The Morgan fingerprint density at radius 1 is 1.31 bits per heavy atom. The Balaban J connectivity index is 2.32. The molecule has 3 nitrogen and oxygen atoms in total. The molecule has 1 aromatic rings. The van der Waals surface area contributed by atoms with Crippen molar-refractivity contribution >= 4 is 17.4 Å². The van der Waals surface area contributed by atoms with Gasteiger partial charge in [-0.1, -0.05) is 25.1 Å². The molecule has 0 radical (unpaired) electrons. The van der Waals surface area contributed by atoms with Crippen molar-refractivity contribution < 1.29 is 9.59 Å². The van der Waals surface area contributed by atoms with E-state index in [9.17, 15) is 9.59 Å².